The Hall–Kier alpha value is -2.92. The van der Waals surface area contributed by atoms with E-state index in [0.29, 0.717) is 13.0 Å². The molecule has 0 spiro atoms. The van der Waals surface area contributed by atoms with E-state index in [9.17, 15) is 4.79 Å². The number of rotatable bonds is 8. The van der Waals surface area contributed by atoms with Crippen LogP contribution >= 0.6 is 0 Å². The van der Waals surface area contributed by atoms with Crippen molar-refractivity contribution in [2.45, 2.75) is 40.2 Å². The van der Waals surface area contributed by atoms with Crippen molar-refractivity contribution in [2.24, 2.45) is 0 Å². The summed E-state index contributed by atoms with van der Waals surface area (Å²) in [5, 5.41) is 7.64. The van der Waals surface area contributed by atoms with Crippen molar-refractivity contribution in [3.05, 3.63) is 77.1 Å². The number of aryl methyl sites for hydroxylation is 2. The molecule has 1 heterocycles. The summed E-state index contributed by atoms with van der Waals surface area (Å²) in [6.07, 6.45) is 1.49. The van der Waals surface area contributed by atoms with Crippen LogP contribution in [0.2, 0.25) is 0 Å². The van der Waals surface area contributed by atoms with Crippen molar-refractivity contribution in [2.75, 3.05) is 18.9 Å². The van der Waals surface area contributed by atoms with Crippen LogP contribution in [0.25, 0.3) is 5.69 Å². The van der Waals surface area contributed by atoms with E-state index in [0.717, 1.165) is 35.7 Å². The molecule has 0 saturated heterocycles. The number of nitrogens with one attached hydrogen (secondary N) is 1. The van der Waals surface area contributed by atoms with Crippen molar-refractivity contribution in [1.29, 1.82) is 0 Å². The average Bonchev–Trinajstić information content (AvgIpc) is 3.02. The van der Waals surface area contributed by atoms with Gasteiger partial charge in [0, 0.05) is 19.5 Å². The lowest BCUT2D eigenvalue weighted by Crippen LogP contribution is -2.24. The molecule has 0 saturated carbocycles. The van der Waals surface area contributed by atoms with Gasteiger partial charge in [-0.15, -0.1) is 0 Å². The Morgan fingerprint density at radius 3 is 2.34 bits per heavy atom. The summed E-state index contributed by atoms with van der Waals surface area (Å²) in [5.41, 5.74) is 6.16. The van der Waals surface area contributed by atoms with Gasteiger partial charge in [0.25, 0.3) is 0 Å². The molecule has 0 atom stereocenters. The van der Waals surface area contributed by atoms with Gasteiger partial charge in [-0.2, -0.15) is 5.10 Å². The molecule has 29 heavy (non-hydrogen) atoms. The Morgan fingerprint density at radius 1 is 1.03 bits per heavy atom. The van der Waals surface area contributed by atoms with E-state index in [1.165, 1.54) is 11.1 Å². The number of anilines is 1. The van der Waals surface area contributed by atoms with Crippen LogP contribution < -0.4 is 5.32 Å². The van der Waals surface area contributed by atoms with Crippen LogP contribution in [0.3, 0.4) is 0 Å². The van der Waals surface area contributed by atoms with E-state index in [-0.39, 0.29) is 5.91 Å². The normalized spacial score (nSPS) is 11.1. The zero-order chi connectivity index (χ0) is 20.8. The molecule has 0 radical (unpaired) electrons. The van der Waals surface area contributed by atoms with E-state index in [1.54, 1.807) is 0 Å². The van der Waals surface area contributed by atoms with Gasteiger partial charge in [0.1, 0.15) is 0 Å². The van der Waals surface area contributed by atoms with Gasteiger partial charge in [-0.05, 0) is 50.6 Å². The molecule has 152 valence electrons. The second kappa shape index (κ2) is 9.52. The molecule has 0 aliphatic rings. The van der Waals surface area contributed by atoms with Gasteiger partial charge in [0.15, 0.2) is 0 Å². The quantitative estimate of drug-likeness (QED) is 0.616. The first-order chi connectivity index (χ1) is 14.0. The van der Waals surface area contributed by atoms with Crippen LogP contribution in [0.5, 0.6) is 0 Å². The molecule has 5 heteroatoms. The molecule has 1 amide bonds. The first-order valence-electron chi connectivity index (χ1n) is 10.2. The first-order valence-corrected chi connectivity index (χ1v) is 10.2. The Kier molecular flexibility index (Phi) is 6.83. The van der Waals surface area contributed by atoms with E-state index < -0.39 is 0 Å². The lowest BCUT2D eigenvalue weighted by Gasteiger charge is -2.17. The van der Waals surface area contributed by atoms with Crippen LogP contribution in [0.1, 0.15) is 35.9 Å². The van der Waals surface area contributed by atoms with E-state index in [4.69, 9.17) is 0 Å². The average molecular weight is 391 g/mol. The van der Waals surface area contributed by atoms with Crippen molar-refractivity contribution in [3.63, 3.8) is 0 Å². The minimum atomic E-state index is 0.0111. The monoisotopic (exact) mass is 390 g/mol. The molecule has 0 fully saturated rings. The smallest absolute Gasteiger partial charge is 0.225 e. The van der Waals surface area contributed by atoms with E-state index >= 15 is 0 Å². The molecule has 0 bridgehead atoms. The summed E-state index contributed by atoms with van der Waals surface area (Å²) in [4.78, 5) is 14.7. The maximum atomic E-state index is 12.5. The molecular weight excluding hydrogens is 360 g/mol. The Bertz CT molecular complexity index is 945. The third kappa shape index (κ3) is 5.33. The predicted octanol–water partition coefficient (Wildman–Crippen LogP) is 4.51. The van der Waals surface area contributed by atoms with E-state index in [2.05, 4.69) is 46.5 Å². The maximum absolute atomic E-state index is 12.5. The van der Waals surface area contributed by atoms with Crippen molar-refractivity contribution in [3.8, 4) is 5.69 Å². The lowest BCUT2D eigenvalue weighted by molar-refractivity contribution is -0.116. The summed E-state index contributed by atoms with van der Waals surface area (Å²) < 4.78 is 1.87. The van der Waals surface area contributed by atoms with Gasteiger partial charge in [-0.1, -0.05) is 49.4 Å². The number of benzene rings is 2. The largest absolute Gasteiger partial charge is 0.323 e. The lowest BCUT2D eigenvalue weighted by atomic mass is 10.1. The molecule has 0 aliphatic heterocycles. The van der Waals surface area contributed by atoms with Crippen LogP contribution in [0, 0.1) is 13.8 Å². The number of nitrogens with zero attached hydrogens (tertiary/aromatic N) is 3. The van der Waals surface area contributed by atoms with Gasteiger partial charge >= 0.3 is 0 Å². The minimum absolute atomic E-state index is 0.0111. The third-order valence-corrected chi connectivity index (χ3v) is 5.16. The number of amides is 1. The summed E-state index contributed by atoms with van der Waals surface area (Å²) >= 11 is 0. The number of carbonyl (C=O) groups is 1. The number of para-hydroxylation sites is 1. The molecule has 1 N–H and O–H groups in total. The summed E-state index contributed by atoms with van der Waals surface area (Å²) in [7, 11) is 2.05. The summed E-state index contributed by atoms with van der Waals surface area (Å²) in [6, 6.07) is 18.6. The second-order valence-corrected chi connectivity index (χ2v) is 7.50. The molecule has 0 unspecified atom stereocenters. The van der Waals surface area contributed by atoms with Crippen molar-refractivity contribution < 1.29 is 4.79 Å². The molecule has 0 aliphatic carbocycles. The van der Waals surface area contributed by atoms with Gasteiger partial charge in [-0.25, -0.2) is 4.68 Å². The highest BCUT2D eigenvalue weighted by Crippen LogP contribution is 2.22. The molecule has 2 aromatic carbocycles. The third-order valence-electron chi connectivity index (χ3n) is 5.16. The van der Waals surface area contributed by atoms with Crippen LogP contribution in [-0.4, -0.2) is 34.2 Å². The van der Waals surface area contributed by atoms with Gasteiger partial charge < -0.3 is 10.2 Å². The van der Waals surface area contributed by atoms with Crippen LogP contribution in [-0.2, 0) is 17.8 Å². The number of hydrogen-bond donors (Lipinski definition) is 1. The molecule has 5 nitrogen and oxygen atoms in total. The highest BCUT2D eigenvalue weighted by molar-refractivity contribution is 5.92. The summed E-state index contributed by atoms with van der Waals surface area (Å²) in [6.45, 7) is 7.60. The van der Waals surface area contributed by atoms with E-state index in [1.807, 2.05) is 55.9 Å². The van der Waals surface area contributed by atoms with Gasteiger partial charge in [-0.3, -0.25) is 4.79 Å². The van der Waals surface area contributed by atoms with Crippen LogP contribution in [0.4, 0.5) is 5.69 Å². The molecule has 3 rings (SSSR count). The number of carbonyl (C=O) groups excluding carboxylic acids is 1. The summed E-state index contributed by atoms with van der Waals surface area (Å²) in [5.74, 6) is 0.0111. The van der Waals surface area contributed by atoms with Crippen molar-refractivity contribution in [1.82, 2.24) is 14.7 Å². The highest BCUT2D eigenvalue weighted by atomic mass is 16.1. The van der Waals surface area contributed by atoms with Crippen molar-refractivity contribution >= 4 is 11.6 Å². The predicted molar refractivity (Wildman–Crippen MR) is 118 cm³/mol. The zero-order valence-corrected chi connectivity index (χ0v) is 17.8. The Morgan fingerprint density at radius 2 is 1.69 bits per heavy atom. The fourth-order valence-electron chi connectivity index (χ4n) is 3.41. The Balaban J connectivity index is 1.56. The fourth-order valence-corrected chi connectivity index (χ4v) is 3.41. The zero-order valence-electron chi connectivity index (χ0n) is 17.8. The topological polar surface area (TPSA) is 50.2 Å². The van der Waals surface area contributed by atoms with Gasteiger partial charge in [0.2, 0.25) is 5.91 Å². The number of aromatic nitrogens is 2. The van der Waals surface area contributed by atoms with Gasteiger partial charge in [0.05, 0.1) is 22.8 Å². The minimum Gasteiger partial charge on any atom is -0.323 e. The molecular formula is C24H30N4O. The van der Waals surface area contributed by atoms with Crippen LogP contribution in [0.15, 0.2) is 54.6 Å². The number of hydrogen-bond acceptors (Lipinski definition) is 3. The molecule has 1 aromatic heterocycles. The Labute approximate surface area is 173 Å². The highest BCUT2D eigenvalue weighted by Gasteiger charge is 2.15. The second-order valence-electron chi connectivity index (χ2n) is 7.50. The fraction of sp³-hybridized carbons (Fsp3) is 0.333. The standard InChI is InChI=1S/C24H30N4O/c1-5-20-11-13-21(14-12-20)17-27(4)16-15-23(29)25-24-18(2)26-28(19(24)3)22-9-7-6-8-10-22/h6-14H,5,15-17H2,1-4H3,(H,25,29). The molecule has 3 aromatic rings. The first kappa shape index (κ1) is 20.8. The maximum Gasteiger partial charge on any atom is 0.225 e. The SMILES string of the molecule is CCc1ccc(CN(C)CCC(=O)Nc2c(C)nn(-c3ccccc3)c2C)cc1.